The SMILES string of the molecule is OC[C@@H]1CN(c2ncc(OCc3c(Cl)cccc3C(F)(F)F)cn2)CCO1. The molecule has 1 N–H and O–H groups in total. The van der Waals surface area contributed by atoms with Gasteiger partial charge in [0.2, 0.25) is 5.95 Å². The molecular weight excluding hydrogens is 387 g/mol. The Morgan fingerprint density at radius 3 is 2.70 bits per heavy atom. The number of aliphatic hydroxyl groups is 1. The molecule has 0 radical (unpaired) electrons. The van der Waals surface area contributed by atoms with E-state index in [9.17, 15) is 18.3 Å². The summed E-state index contributed by atoms with van der Waals surface area (Å²) in [4.78, 5) is 10.2. The number of halogens is 4. The third-order valence-corrected chi connectivity index (χ3v) is 4.40. The predicted molar refractivity (Wildman–Crippen MR) is 91.9 cm³/mol. The topological polar surface area (TPSA) is 67.7 Å². The number of rotatable bonds is 5. The normalized spacial score (nSPS) is 17.8. The maximum Gasteiger partial charge on any atom is 0.416 e. The summed E-state index contributed by atoms with van der Waals surface area (Å²) in [5.41, 5.74) is -0.981. The number of alkyl halides is 3. The number of anilines is 1. The Bertz CT molecular complexity index is 774. The van der Waals surface area contributed by atoms with Gasteiger partial charge in [0, 0.05) is 23.7 Å². The molecule has 3 rings (SSSR count). The molecule has 6 nitrogen and oxygen atoms in total. The van der Waals surface area contributed by atoms with Crippen molar-refractivity contribution >= 4 is 17.5 Å². The summed E-state index contributed by atoms with van der Waals surface area (Å²) in [5, 5.41) is 9.15. The number of aromatic nitrogens is 2. The molecule has 1 aliphatic rings. The number of aliphatic hydroxyl groups excluding tert-OH is 1. The van der Waals surface area contributed by atoms with Gasteiger partial charge in [0.1, 0.15) is 6.61 Å². The van der Waals surface area contributed by atoms with Crippen LogP contribution in [-0.2, 0) is 17.5 Å². The molecule has 1 atom stereocenters. The van der Waals surface area contributed by atoms with E-state index in [0.29, 0.717) is 25.6 Å². The highest BCUT2D eigenvalue weighted by atomic mass is 35.5. The maximum absolute atomic E-state index is 13.1. The Hall–Kier alpha value is -2.10. The lowest BCUT2D eigenvalue weighted by atomic mass is 10.1. The summed E-state index contributed by atoms with van der Waals surface area (Å²) in [6, 6.07) is 3.58. The summed E-state index contributed by atoms with van der Waals surface area (Å²) < 4.78 is 50.1. The van der Waals surface area contributed by atoms with E-state index >= 15 is 0 Å². The summed E-state index contributed by atoms with van der Waals surface area (Å²) in [5.74, 6) is 0.650. The van der Waals surface area contributed by atoms with E-state index in [1.54, 1.807) is 0 Å². The van der Waals surface area contributed by atoms with Crippen molar-refractivity contribution in [3.8, 4) is 5.75 Å². The van der Waals surface area contributed by atoms with Crippen molar-refractivity contribution in [2.75, 3.05) is 31.2 Å². The average molecular weight is 404 g/mol. The molecule has 1 aliphatic heterocycles. The molecule has 0 spiro atoms. The van der Waals surface area contributed by atoms with Crippen molar-refractivity contribution in [2.24, 2.45) is 0 Å². The second-order valence-electron chi connectivity index (χ2n) is 5.89. The van der Waals surface area contributed by atoms with Crippen LogP contribution >= 0.6 is 11.6 Å². The van der Waals surface area contributed by atoms with Gasteiger partial charge in [0.05, 0.1) is 37.3 Å². The van der Waals surface area contributed by atoms with Gasteiger partial charge < -0.3 is 19.5 Å². The van der Waals surface area contributed by atoms with E-state index < -0.39 is 11.7 Å². The fraction of sp³-hybridized carbons (Fsp3) is 0.412. The molecule has 0 unspecified atom stereocenters. The first-order valence-corrected chi connectivity index (χ1v) is 8.53. The van der Waals surface area contributed by atoms with Gasteiger partial charge in [0.25, 0.3) is 0 Å². The Balaban J connectivity index is 1.68. The van der Waals surface area contributed by atoms with Crippen LogP contribution in [0, 0.1) is 0 Å². The van der Waals surface area contributed by atoms with Crippen LogP contribution in [-0.4, -0.2) is 47.5 Å². The number of nitrogens with zero attached hydrogens (tertiary/aromatic N) is 3. The van der Waals surface area contributed by atoms with Crippen molar-refractivity contribution in [1.82, 2.24) is 9.97 Å². The van der Waals surface area contributed by atoms with E-state index in [4.69, 9.17) is 21.1 Å². The Morgan fingerprint density at radius 2 is 2.04 bits per heavy atom. The highest BCUT2D eigenvalue weighted by Gasteiger charge is 2.34. The van der Waals surface area contributed by atoms with Crippen LogP contribution in [0.25, 0.3) is 0 Å². The van der Waals surface area contributed by atoms with Crippen LogP contribution in [0.4, 0.5) is 19.1 Å². The molecule has 2 aromatic rings. The molecule has 2 heterocycles. The quantitative estimate of drug-likeness (QED) is 0.828. The van der Waals surface area contributed by atoms with Crippen molar-refractivity contribution in [2.45, 2.75) is 18.9 Å². The molecule has 0 aliphatic carbocycles. The van der Waals surface area contributed by atoms with Crippen molar-refractivity contribution < 1.29 is 27.8 Å². The van der Waals surface area contributed by atoms with Crippen LogP contribution in [0.15, 0.2) is 30.6 Å². The standard InChI is InChI=1S/C17H17ClF3N3O3/c18-15-3-1-2-14(17(19,20)21)13(15)10-27-11-6-22-16(23-7-11)24-4-5-26-12(8-24)9-25/h1-3,6-7,12,25H,4-5,8-10H2/t12-/m0/s1. The van der Waals surface area contributed by atoms with Crippen LogP contribution in [0.2, 0.25) is 5.02 Å². The van der Waals surface area contributed by atoms with Crippen LogP contribution in [0.3, 0.4) is 0 Å². The lowest BCUT2D eigenvalue weighted by molar-refractivity contribution is -0.138. The highest BCUT2D eigenvalue weighted by molar-refractivity contribution is 6.31. The lowest BCUT2D eigenvalue weighted by Gasteiger charge is -2.31. The summed E-state index contributed by atoms with van der Waals surface area (Å²) in [6.07, 6.45) is -2.06. The Kier molecular flexibility index (Phi) is 6.03. The maximum atomic E-state index is 13.1. The van der Waals surface area contributed by atoms with Gasteiger partial charge in [-0.1, -0.05) is 17.7 Å². The molecule has 1 saturated heterocycles. The largest absolute Gasteiger partial charge is 0.486 e. The minimum absolute atomic E-state index is 0.0225. The molecule has 0 amide bonds. The van der Waals surface area contributed by atoms with Gasteiger partial charge in [-0.3, -0.25) is 0 Å². The summed E-state index contributed by atoms with van der Waals surface area (Å²) >= 11 is 5.91. The molecule has 1 fully saturated rings. The third kappa shape index (κ3) is 4.79. The van der Waals surface area contributed by atoms with Gasteiger partial charge in [-0.25, -0.2) is 9.97 Å². The van der Waals surface area contributed by atoms with E-state index in [1.807, 2.05) is 4.90 Å². The summed E-state index contributed by atoms with van der Waals surface area (Å²) in [7, 11) is 0. The molecule has 0 bridgehead atoms. The monoisotopic (exact) mass is 403 g/mol. The fourth-order valence-electron chi connectivity index (χ4n) is 2.69. The predicted octanol–water partition coefficient (Wildman–Crippen LogP) is 2.93. The second-order valence-corrected chi connectivity index (χ2v) is 6.30. The number of hydrogen-bond donors (Lipinski definition) is 1. The zero-order chi connectivity index (χ0) is 19.4. The van der Waals surface area contributed by atoms with Gasteiger partial charge >= 0.3 is 6.18 Å². The van der Waals surface area contributed by atoms with Crippen molar-refractivity contribution in [1.29, 1.82) is 0 Å². The third-order valence-electron chi connectivity index (χ3n) is 4.05. The van der Waals surface area contributed by atoms with Crippen LogP contribution in [0.5, 0.6) is 5.75 Å². The zero-order valence-corrected chi connectivity index (χ0v) is 14.9. The minimum Gasteiger partial charge on any atom is -0.486 e. The van der Waals surface area contributed by atoms with E-state index in [1.165, 1.54) is 24.5 Å². The van der Waals surface area contributed by atoms with E-state index in [-0.39, 0.29) is 35.7 Å². The Morgan fingerprint density at radius 1 is 1.30 bits per heavy atom. The number of benzene rings is 1. The molecule has 1 aromatic carbocycles. The van der Waals surface area contributed by atoms with Gasteiger partial charge in [-0.2, -0.15) is 13.2 Å². The molecule has 1 aromatic heterocycles. The number of ether oxygens (including phenoxy) is 2. The minimum atomic E-state index is -4.52. The lowest BCUT2D eigenvalue weighted by Crippen LogP contribution is -2.44. The van der Waals surface area contributed by atoms with E-state index in [2.05, 4.69) is 9.97 Å². The van der Waals surface area contributed by atoms with Gasteiger partial charge in [-0.15, -0.1) is 0 Å². The summed E-state index contributed by atoms with van der Waals surface area (Å²) in [6.45, 7) is 1.01. The van der Waals surface area contributed by atoms with E-state index in [0.717, 1.165) is 6.07 Å². The van der Waals surface area contributed by atoms with Crippen molar-refractivity contribution in [3.05, 3.63) is 46.7 Å². The first kappa shape index (κ1) is 19.7. The second kappa shape index (κ2) is 8.28. The van der Waals surface area contributed by atoms with Gasteiger partial charge in [-0.05, 0) is 12.1 Å². The van der Waals surface area contributed by atoms with Crippen molar-refractivity contribution in [3.63, 3.8) is 0 Å². The molecule has 146 valence electrons. The molecular formula is C17H17ClF3N3O3. The van der Waals surface area contributed by atoms with Crippen LogP contribution in [0.1, 0.15) is 11.1 Å². The zero-order valence-electron chi connectivity index (χ0n) is 14.1. The fourth-order valence-corrected chi connectivity index (χ4v) is 2.91. The van der Waals surface area contributed by atoms with Gasteiger partial charge in [0.15, 0.2) is 5.75 Å². The Labute approximate surface area is 158 Å². The number of morpholine rings is 1. The first-order chi connectivity index (χ1) is 12.9. The molecule has 10 heteroatoms. The average Bonchev–Trinajstić information content (AvgIpc) is 2.66. The van der Waals surface area contributed by atoms with Crippen LogP contribution < -0.4 is 9.64 Å². The number of hydrogen-bond acceptors (Lipinski definition) is 6. The molecule has 0 saturated carbocycles. The first-order valence-electron chi connectivity index (χ1n) is 8.15. The highest BCUT2D eigenvalue weighted by Crippen LogP contribution is 2.35. The smallest absolute Gasteiger partial charge is 0.416 e. The molecule has 27 heavy (non-hydrogen) atoms.